The van der Waals surface area contributed by atoms with E-state index in [0.717, 1.165) is 0 Å². The fraction of sp³-hybridized carbons (Fsp3) is 0.333. The number of nitrogens with zero attached hydrogens (tertiary/aromatic N) is 4. The molecule has 8 nitrogen and oxygen atoms in total. The molecule has 8 heteroatoms. The maximum absolute atomic E-state index is 11.9. The number of aromatic nitrogens is 2. The van der Waals surface area contributed by atoms with Gasteiger partial charge in [0.15, 0.2) is 6.61 Å². The highest BCUT2D eigenvalue weighted by Crippen LogP contribution is 2.04. The van der Waals surface area contributed by atoms with E-state index in [4.69, 9.17) is 9.15 Å². The number of amides is 1. The Balaban J connectivity index is 1.74. The number of anilines is 1. The van der Waals surface area contributed by atoms with Gasteiger partial charge in [-0.15, -0.1) is 0 Å². The predicted molar refractivity (Wildman–Crippen MR) is 81.4 cm³/mol. The molecule has 0 radical (unpaired) electrons. The average Bonchev–Trinajstić information content (AvgIpc) is 3.06. The number of likely N-dealkylation sites (N-methyl/N-ethyl adjacent to an activating group) is 2. The minimum absolute atomic E-state index is 0.0425. The molecule has 0 fully saturated rings. The summed E-state index contributed by atoms with van der Waals surface area (Å²) in [5.74, 6) is 0.229. The summed E-state index contributed by atoms with van der Waals surface area (Å²) in [5.41, 5.74) is 0. The smallest absolute Gasteiger partial charge is 0.326 e. The van der Waals surface area contributed by atoms with Crippen LogP contribution in [0.15, 0.2) is 41.3 Å². The van der Waals surface area contributed by atoms with Crippen LogP contribution in [0.3, 0.4) is 0 Å². The quantitative estimate of drug-likeness (QED) is 0.694. The van der Waals surface area contributed by atoms with Crippen LogP contribution in [0.1, 0.15) is 5.76 Å². The van der Waals surface area contributed by atoms with Crippen molar-refractivity contribution in [1.29, 1.82) is 0 Å². The number of esters is 1. The molecule has 0 atom stereocenters. The molecular formula is C15H18N4O4. The highest BCUT2D eigenvalue weighted by Gasteiger charge is 2.15. The third-order valence-electron chi connectivity index (χ3n) is 3.02. The molecule has 0 saturated carbocycles. The van der Waals surface area contributed by atoms with Gasteiger partial charge < -0.3 is 19.0 Å². The molecule has 0 aliphatic heterocycles. The van der Waals surface area contributed by atoms with Crippen LogP contribution in [-0.4, -0.2) is 54.0 Å². The van der Waals surface area contributed by atoms with Crippen molar-refractivity contribution >= 4 is 17.8 Å². The Labute approximate surface area is 133 Å². The first kappa shape index (κ1) is 16.5. The van der Waals surface area contributed by atoms with E-state index in [1.54, 1.807) is 49.6 Å². The van der Waals surface area contributed by atoms with E-state index in [1.807, 2.05) is 0 Å². The zero-order chi connectivity index (χ0) is 16.7. The summed E-state index contributed by atoms with van der Waals surface area (Å²) >= 11 is 0. The fourth-order valence-corrected chi connectivity index (χ4v) is 1.78. The van der Waals surface area contributed by atoms with Crippen LogP contribution in [-0.2, 0) is 20.9 Å². The van der Waals surface area contributed by atoms with Gasteiger partial charge in [0.05, 0.1) is 12.8 Å². The first-order chi connectivity index (χ1) is 11.1. The molecule has 23 heavy (non-hydrogen) atoms. The zero-order valence-corrected chi connectivity index (χ0v) is 13.0. The lowest BCUT2D eigenvalue weighted by Gasteiger charge is -2.17. The summed E-state index contributed by atoms with van der Waals surface area (Å²) in [6.45, 7) is -0.0418. The second-order valence-corrected chi connectivity index (χ2v) is 4.89. The van der Waals surface area contributed by atoms with Gasteiger partial charge in [-0.05, 0) is 18.2 Å². The van der Waals surface area contributed by atoms with Crippen molar-refractivity contribution in [2.75, 3.05) is 32.1 Å². The third kappa shape index (κ3) is 5.10. The van der Waals surface area contributed by atoms with Crippen molar-refractivity contribution < 1.29 is 18.7 Å². The topological polar surface area (TPSA) is 88.8 Å². The van der Waals surface area contributed by atoms with E-state index in [9.17, 15) is 9.59 Å². The fourth-order valence-electron chi connectivity index (χ4n) is 1.78. The Hall–Kier alpha value is -2.90. The molecule has 2 aromatic rings. The molecule has 0 spiro atoms. The Morgan fingerprint density at radius 3 is 2.61 bits per heavy atom. The van der Waals surface area contributed by atoms with Gasteiger partial charge in [0.1, 0.15) is 12.3 Å². The van der Waals surface area contributed by atoms with Crippen LogP contribution in [0.5, 0.6) is 0 Å². The van der Waals surface area contributed by atoms with Crippen LogP contribution in [0.2, 0.25) is 0 Å². The molecule has 2 aromatic heterocycles. The lowest BCUT2D eigenvalue weighted by Crippen LogP contribution is -2.33. The van der Waals surface area contributed by atoms with Gasteiger partial charge in [0.2, 0.25) is 5.95 Å². The normalized spacial score (nSPS) is 10.2. The van der Waals surface area contributed by atoms with Crippen LogP contribution in [0.4, 0.5) is 5.95 Å². The Morgan fingerprint density at radius 2 is 1.96 bits per heavy atom. The molecule has 1 amide bonds. The second-order valence-electron chi connectivity index (χ2n) is 4.89. The van der Waals surface area contributed by atoms with Crippen molar-refractivity contribution in [2.45, 2.75) is 6.54 Å². The maximum Gasteiger partial charge on any atom is 0.326 e. The first-order valence-corrected chi connectivity index (χ1v) is 6.96. The van der Waals surface area contributed by atoms with Crippen molar-refractivity contribution in [2.24, 2.45) is 0 Å². The molecule has 0 bridgehead atoms. The second kappa shape index (κ2) is 7.92. The van der Waals surface area contributed by atoms with Crippen LogP contribution in [0.25, 0.3) is 0 Å². The maximum atomic E-state index is 11.9. The lowest BCUT2D eigenvalue weighted by atomic mass is 10.4. The van der Waals surface area contributed by atoms with E-state index < -0.39 is 5.97 Å². The lowest BCUT2D eigenvalue weighted by molar-refractivity contribution is -0.150. The number of hydrogen-bond donors (Lipinski definition) is 0. The largest absolute Gasteiger partial charge is 0.467 e. The highest BCUT2D eigenvalue weighted by molar-refractivity contribution is 5.81. The van der Waals surface area contributed by atoms with E-state index in [0.29, 0.717) is 18.3 Å². The molecule has 0 aromatic carbocycles. The molecule has 0 aliphatic rings. The molecule has 0 saturated heterocycles. The molecule has 122 valence electrons. The van der Waals surface area contributed by atoms with Gasteiger partial charge in [-0.3, -0.25) is 9.59 Å². The number of hydrogen-bond acceptors (Lipinski definition) is 7. The Bertz CT molecular complexity index is 630. The van der Waals surface area contributed by atoms with E-state index in [-0.39, 0.29) is 19.1 Å². The summed E-state index contributed by atoms with van der Waals surface area (Å²) in [7, 11) is 3.28. The van der Waals surface area contributed by atoms with Gasteiger partial charge in [-0.25, -0.2) is 9.97 Å². The van der Waals surface area contributed by atoms with Gasteiger partial charge in [0.25, 0.3) is 5.91 Å². The van der Waals surface area contributed by atoms with E-state index in [1.165, 1.54) is 11.2 Å². The number of carbonyl (C=O) groups excluding carboxylic acids is 2. The Morgan fingerprint density at radius 1 is 1.22 bits per heavy atom. The number of furan rings is 1. The minimum atomic E-state index is -0.528. The highest BCUT2D eigenvalue weighted by atomic mass is 16.5. The number of rotatable bonds is 7. The molecule has 2 heterocycles. The molecule has 0 aliphatic carbocycles. The van der Waals surface area contributed by atoms with Crippen molar-refractivity contribution in [3.8, 4) is 0 Å². The molecule has 2 rings (SSSR count). The van der Waals surface area contributed by atoms with Crippen LogP contribution in [0, 0.1) is 0 Å². The SMILES string of the molecule is CN(Cc1ccco1)C(=O)COC(=O)CN(C)c1ncccn1. The first-order valence-electron chi connectivity index (χ1n) is 6.96. The standard InChI is InChI=1S/C15H18N4O4/c1-18(9-12-5-3-8-22-12)13(20)11-23-14(21)10-19(2)15-16-6-4-7-17-15/h3-8H,9-11H2,1-2H3. The minimum Gasteiger partial charge on any atom is -0.467 e. The van der Waals surface area contributed by atoms with E-state index >= 15 is 0 Å². The van der Waals surface area contributed by atoms with Crippen molar-refractivity contribution in [3.05, 3.63) is 42.6 Å². The summed E-state index contributed by atoms with van der Waals surface area (Å²) in [4.78, 5) is 34.7. The Kier molecular flexibility index (Phi) is 5.67. The predicted octanol–water partition coefficient (Wildman–Crippen LogP) is 0.708. The average molecular weight is 318 g/mol. The van der Waals surface area contributed by atoms with Crippen LogP contribution >= 0.6 is 0 Å². The van der Waals surface area contributed by atoms with Gasteiger partial charge in [-0.1, -0.05) is 0 Å². The third-order valence-corrected chi connectivity index (χ3v) is 3.02. The summed E-state index contributed by atoms with van der Waals surface area (Å²) in [5, 5.41) is 0. The summed E-state index contributed by atoms with van der Waals surface area (Å²) in [6, 6.07) is 5.20. The van der Waals surface area contributed by atoms with Gasteiger partial charge >= 0.3 is 5.97 Å². The molecular weight excluding hydrogens is 300 g/mol. The van der Waals surface area contributed by atoms with Crippen molar-refractivity contribution in [1.82, 2.24) is 14.9 Å². The van der Waals surface area contributed by atoms with E-state index in [2.05, 4.69) is 9.97 Å². The summed E-state index contributed by atoms with van der Waals surface area (Å²) < 4.78 is 10.1. The van der Waals surface area contributed by atoms with Gasteiger partial charge in [-0.2, -0.15) is 0 Å². The monoisotopic (exact) mass is 318 g/mol. The molecule has 0 N–H and O–H groups in total. The van der Waals surface area contributed by atoms with Gasteiger partial charge in [0, 0.05) is 26.5 Å². The number of ether oxygens (including phenoxy) is 1. The number of carbonyl (C=O) groups is 2. The van der Waals surface area contributed by atoms with Crippen LogP contribution < -0.4 is 4.90 Å². The molecule has 0 unspecified atom stereocenters. The van der Waals surface area contributed by atoms with Crippen molar-refractivity contribution in [3.63, 3.8) is 0 Å². The summed E-state index contributed by atoms with van der Waals surface area (Å²) in [6.07, 6.45) is 4.70. The zero-order valence-electron chi connectivity index (χ0n) is 13.0.